The van der Waals surface area contributed by atoms with E-state index in [1.165, 1.54) is 0 Å². The van der Waals surface area contributed by atoms with Crippen molar-refractivity contribution in [1.82, 2.24) is 0 Å². The van der Waals surface area contributed by atoms with Gasteiger partial charge >= 0.3 is 0 Å². The van der Waals surface area contributed by atoms with E-state index in [1.54, 1.807) is 19.5 Å². The largest absolute Gasteiger partial charge is 0.296 e. The molecule has 0 aromatic carbocycles. The summed E-state index contributed by atoms with van der Waals surface area (Å²) in [6, 6.07) is 0. The average Bonchev–Trinajstić information content (AvgIpc) is 1.98. The molecule has 56 valence electrons. The van der Waals surface area contributed by atoms with Crippen LogP contribution in [0, 0.1) is 0 Å². The van der Waals surface area contributed by atoms with Crippen LogP contribution >= 0.6 is 0 Å². The van der Waals surface area contributed by atoms with Gasteiger partial charge in [0, 0.05) is 25.2 Å². The fourth-order valence-electron chi connectivity index (χ4n) is 0.579. The molecule has 0 atom stereocenters. The molecule has 0 aromatic heterocycles. The van der Waals surface area contributed by atoms with Crippen molar-refractivity contribution in [1.29, 1.82) is 0 Å². The van der Waals surface area contributed by atoms with Crippen LogP contribution in [0.5, 0.6) is 0 Å². The van der Waals surface area contributed by atoms with Crippen LogP contribution in [0.3, 0.4) is 0 Å². The van der Waals surface area contributed by atoms with Gasteiger partial charge in [0.05, 0.1) is 0 Å². The van der Waals surface area contributed by atoms with Crippen molar-refractivity contribution < 1.29 is 0 Å². The molecule has 0 aliphatic heterocycles. The van der Waals surface area contributed by atoms with Gasteiger partial charge in [-0.1, -0.05) is 6.92 Å². The first-order valence-electron chi connectivity index (χ1n) is 3.45. The quantitative estimate of drug-likeness (QED) is 0.533. The number of hydrogen-bond acceptors (Lipinski definition) is 2. The van der Waals surface area contributed by atoms with E-state index in [0.717, 1.165) is 12.1 Å². The van der Waals surface area contributed by atoms with Gasteiger partial charge < -0.3 is 0 Å². The van der Waals surface area contributed by atoms with Gasteiger partial charge in [0.2, 0.25) is 0 Å². The standard InChI is InChI=1S/C8H14N2/c1-4-8(10-5-2)6-7-9-3/h5-7H,4H2,1-3H3/b8-6-,9-7-,10-5-. The maximum absolute atomic E-state index is 4.12. The molecule has 0 N–H and O–H groups in total. The minimum absolute atomic E-state index is 0.955. The third-order valence-electron chi connectivity index (χ3n) is 1.07. The highest BCUT2D eigenvalue weighted by Crippen LogP contribution is 1.98. The molecule has 0 aliphatic rings. The number of allylic oxidation sites excluding steroid dienone is 2. The molecule has 0 spiro atoms. The van der Waals surface area contributed by atoms with Crippen molar-refractivity contribution in [2.24, 2.45) is 9.98 Å². The zero-order valence-electron chi connectivity index (χ0n) is 6.83. The third kappa shape index (κ3) is 4.01. The van der Waals surface area contributed by atoms with Gasteiger partial charge in [-0.3, -0.25) is 9.98 Å². The van der Waals surface area contributed by atoms with Gasteiger partial charge in [-0.15, -0.1) is 0 Å². The maximum Gasteiger partial charge on any atom is 0.0411 e. The van der Waals surface area contributed by atoms with Crippen molar-refractivity contribution in [3.05, 3.63) is 11.8 Å². The summed E-state index contributed by atoms with van der Waals surface area (Å²) >= 11 is 0. The topological polar surface area (TPSA) is 24.7 Å². The normalized spacial score (nSPS) is 13.7. The summed E-state index contributed by atoms with van der Waals surface area (Å²) < 4.78 is 0. The lowest BCUT2D eigenvalue weighted by Gasteiger charge is -1.90. The van der Waals surface area contributed by atoms with Crippen LogP contribution < -0.4 is 0 Å². The predicted molar refractivity (Wildman–Crippen MR) is 47.0 cm³/mol. The van der Waals surface area contributed by atoms with Crippen molar-refractivity contribution >= 4 is 12.4 Å². The Bertz CT molecular complexity index is 155. The minimum Gasteiger partial charge on any atom is -0.296 e. The summed E-state index contributed by atoms with van der Waals surface area (Å²) in [6.45, 7) is 3.98. The van der Waals surface area contributed by atoms with E-state index in [1.807, 2.05) is 13.0 Å². The van der Waals surface area contributed by atoms with Crippen LogP contribution in [0.1, 0.15) is 20.3 Å². The lowest BCUT2D eigenvalue weighted by atomic mass is 10.3. The lowest BCUT2D eigenvalue weighted by Crippen LogP contribution is -1.76. The van der Waals surface area contributed by atoms with Gasteiger partial charge in [-0.05, 0) is 19.4 Å². The Kier molecular flexibility index (Phi) is 5.63. The summed E-state index contributed by atoms with van der Waals surface area (Å²) in [6.07, 6.45) is 6.42. The molecule has 2 heteroatoms. The Morgan fingerprint density at radius 1 is 1.50 bits per heavy atom. The lowest BCUT2D eigenvalue weighted by molar-refractivity contribution is 1.07. The monoisotopic (exact) mass is 138 g/mol. The van der Waals surface area contributed by atoms with Gasteiger partial charge in [-0.2, -0.15) is 0 Å². The third-order valence-corrected chi connectivity index (χ3v) is 1.07. The molecule has 0 radical (unpaired) electrons. The zero-order valence-corrected chi connectivity index (χ0v) is 6.83. The van der Waals surface area contributed by atoms with Crippen molar-refractivity contribution in [2.45, 2.75) is 20.3 Å². The Labute approximate surface area is 62.4 Å². The van der Waals surface area contributed by atoms with E-state index in [0.29, 0.717) is 0 Å². The second-order valence-electron chi connectivity index (χ2n) is 1.81. The Hall–Kier alpha value is -0.920. The predicted octanol–water partition coefficient (Wildman–Crippen LogP) is 2.07. The van der Waals surface area contributed by atoms with E-state index in [-0.39, 0.29) is 0 Å². The van der Waals surface area contributed by atoms with E-state index in [9.17, 15) is 0 Å². The van der Waals surface area contributed by atoms with E-state index in [2.05, 4.69) is 16.9 Å². The van der Waals surface area contributed by atoms with Gasteiger partial charge in [0.1, 0.15) is 0 Å². The summed E-state index contributed by atoms with van der Waals surface area (Å²) in [5.74, 6) is 0. The smallest absolute Gasteiger partial charge is 0.0411 e. The van der Waals surface area contributed by atoms with Crippen LogP contribution in [-0.2, 0) is 0 Å². The van der Waals surface area contributed by atoms with Crippen LogP contribution in [0.25, 0.3) is 0 Å². The van der Waals surface area contributed by atoms with Crippen molar-refractivity contribution in [3.63, 3.8) is 0 Å². The number of rotatable bonds is 3. The fraction of sp³-hybridized carbons (Fsp3) is 0.500. The molecule has 0 saturated heterocycles. The molecule has 0 aliphatic carbocycles. The molecule has 0 rings (SSSR count). The number of aliphatic imine (C=N–C) groups is 2. The zero-order chi connectivity index (χ0) is 7.82. The Morgan fingerprint density at radius 3 is 2.60 bits per heavy atom. The van der Waals surface area contributed by atoms with Crippen molar-refractivity contribution in [2.75, 3.05) is 7.05 Å². The molecule has 0 amide bonds. The second-order valence-corrected chi connectivity index (χ2v) is 1.81. The minimum atomic E-state index is 0.955. The van der Waals surface area contributed by atoms with Crippen LogP contribution in [0.15, 0.2) is 21.8 Å². The summed E-state index contributed by atoms with van der Waals surface area (Å²) in [4.78, 5) is 7.96. The molecule has 0 heterocycles. The highest BCUT2D eigenvalue weighted by Gasteiger charge is 1.83. The summed E-state index contributed by atoms with van der Waals surface area (Å²) in [5.41, 5.74) is 1.06. The first kappa shape index (κ1) is 9.08. The summed E-state index contributed by atoms with van der Waals surface area (Å²) in [5, 5.41) is 0. The second kappa shape index (κ2) is 6.20. The molecule has 0 bridgehead atoms. The Morgan fingerprint density at radius 2 is 2.20 bits per heavy atom. The average molecular weight is 138 g/mol. The molecule has 2 nitrogen and oxygen atoms in total. The first-order chi connectivity index (χ1) is 4.85. The summed E-state index contributed by atoms with van der Waals surface area (Å²) in [7, 11) is 1.75. The van der Waals surface area contributed by atoms with E-state index >= 15 is 0 Å². The molecule has 0 aromatic rings. The van der Waals surface area contributed by atoms with Crippen LogP contribution in [0.4, 0.5) is 0 Å². The molecule has 0 fully saturated rings. The van der Waals surface area contributed by atoms with Crippen LogP contribution in [-0.4, -0.2) is 19.5 Å². The van der Waals surface area contributed by atoms with Crippen LogP contribution in [0.2, 0.25) is 0 Å². The fourth-order valence-corrected chi connectivity index (χ4v) is 0.579. The molecular weight excluding hydrogens is 124 g/mol. The van der Waals surface area contributed by atoms with Gasteiger partial charge in [0.15, 0.2) is 0 Å². The maximum atomic E-state index is 4.12. The molecule has 10 heavy (non-hydrogen) atoms. The molecular formula is C8H14N2. The first-order valence-corrected chi connectivity index (χ1v) is 3.45. The highest BCUT2D eigenvalue weighted by molar-refractivity contribution is 5.72. The van der Waals surface area contributed by atoms with E-state index < -0.39 is 0 Å². The number of nitrogens with zero attached hydrogens (tertiary/aromatic N) is 2. The van der Waals surface area contributed by atoms with Gasteiger partial charge in [0.25, 0.3) is 0 Å². The highest BCUT2D eigenvalue weighted by atomic mass is 14.7. The SMILES string of the molecule is C\C=N/C(=C\C=N/C)CC. The van der Waals surface area contributed by atoms with Crippen molar-refractivity contribution in [3.8, 4) is 0 Å². The Balaban J connectivity index is 4.04. The molecule has 0 unspecified atom stereocenters. The van der Waals surface area contributed by atoms with E-state index in [4.69, 9.17) is 0 Å². The molecule has 0 saturated carbocycles. The number of hydrogen-bond donors (Lipinski definition) is 0. The van der Waals surface area contributed by atoms with Gasteiger partial charge in [-0.25, -0.2) is 0 Å².